The minimum atomic E-state index is -1.59. The van der Waals surface area contributed by atoms with Crippen molar-refractivity contribution in [2.75, 3.05) is 27.4 Å². The quantitative estimate of drug-likeness (QED) is 0.323. The van der Waals surface area contributed by atoms with Crippen LogP contribution in [0.25, 0.3) is 6.08 Å². The van der Waals surface area contributed by atoms with Crippen LogP contribution < -0.4 is 14.2 Å². The van der Waals surface area contributed by atoms with E-state index >= 15 is 0 Å². The van der Waals surface area contributed by atoms with Crippen LogP contribution >= 0.6 is 0 Å². The summed E-state index contributed by atoms with van der Waals surface area (Å²) >= 11 is 0. The van der Waals surface area contributed by atoms with E-state index in [-0.39, 0.29) is 23.9 Å². The molecule has 0 amide bonds. The molecule has 162 valence electrons. The summed E-state index contributed by atoms with van der Waals surface area (Å²) in [4.78, 5) is 11.5. The first kappa shape index (κ1) is 22.9. The number of carbonyl (C=O) groups is 1. The molecule has 1 aliphatic heterocycles. The number of aliphatic hydroxyl groups is 4. The minimum absolute atomic E-state index is 0.0626. The first-order chi connectivity index (χ1) is 13.9. The van der Waals surface area contributed by atoms with E-state index in [0.29, 0.717) is 5.56 Å². The van der Waals surface area contributed by atoms with Crippen molar-refractivity contribution in [3.8, 4) is 17.2 Å². The van der Waals surface area contributed by atoms with Crippen molar-refractivity contribution in [2.45, 2.75) is 37.6 Å². The molecule has 0 spiro atoms. The summed E-state index contributed by atoms with van der Waals surface area (Å²) in [6.07, 6.45) is -4.47. The van der Waals surface area contributed by atoms with Gasteiger partial charge in [-0.25, -0.2) is 4.79 Å². The molecule has 1 aromatic rings. The number of esters is 1. The highest BCUT2D eigenvalue weighted by Crippen LogP contribution is 2.40. The molecule has 0 bridgehead atoms. The third kappa shape index (κ3) is 5.37. The van der Waals surface area contributed by atoms with E-state index in [9.17, 15) is 25.2 Å². The smallest absolute Gasteiger partial charge is 0.330 e. The van der Waals surface area contributed by atoms with Crippen LogP contribution in [0.1, 0.15) is 12.5 Å². The van der Waals surface area contributed by atoms with Gasteiger partial charge in [0.25, 0.3) is 0 Å². The molecule has 2 rings (SSSR count). The molecule has 1 fully saturated rings. The van der Waals surface area contributed by atoms with Gasteiger partial charge in [-0.2, -0.15) is 0 Å². The number of rotatable bonds is 8. The van der Waals surface area contributed by atoms with Gasteiger partial charge in [0.1, 0.15) is 24.4 Å². The predicted molar refractivity (Wildman–Crippen MR) is 99.6 cm³/mol. The van der Waals surface area contributed by atoms with Crippen molar-refractivity contribution in [1.29, 1.82) is 0 Å². The van der Waals surface area contributed by atoms with Crippen LogP contribution in [0.5, 0.6) is 17.2 Å². The average molecular weight is 414 g/mol. The number of hydrogen-bond donors (Lipinski definition) is 4. The van der Waals surface area contributed by atoms with Gasteiger partial charge in [0.2, 0.25) is 12.0 Å². The van der Waals surface area contributed by atoms with Gasteiger partial charge in [-0.3, -0.25) is 0 Å². The Morgan fingerprint density at radius 1 is 1.10 bits per heavy atom. The van der Waals surface area contributed by atoms with E-state index in [4.69, 9.17) is 23.7 Å². The summed E-state index contributed by atoms with van der Waals surface area (Å²) in [7, 11) is 2.77. The lowest BCUT2D eigenvalue weighted by molar-refractivity contribution is -0.277. The Labute approximate surface area is 167 Å². The summed E-state index contributed by atoms with van der Waals surface area (Å²) in [5, 5.41) is 39.3. The van der Waals surface area contributed by atoms with Gasteiger partial charge in [0.15, 0.2) is 11.5 Å². The van der Waals surface area contributed by atoms with Gasteiger partial charge in [-0.05, 0) is 30.7 Å². The van der Waals surface area contributed by atoms with Crippen LogP contribution in [0.15, 0.2) is 18.2 Å². The van der Waals surface area contributed by atoms with Crippen molar-refractivity contribution in [3.63, 3.8) is 0 Å². The zero-order chi connectivity index (χ0) is 21.6. The Morgan fingerprint density at radius 2 is 1.72 bits per heavy atom. The van der Waals surface area contributed by atoms with E-state index < -0.39 is 43.3 Å². The molecule has 1 saturated heterocycles. The highest BCUT2D eigenvalue weighted by atomic mass is 16.7. The highest BCUT2D eigenvalue weighted by Gasteiger charge is 2.45. The number of aliphatic hydroxyl groups excluding tert-OH is 4. The number of benzene rings is 1. The van der Waals surface area contributed by atoms with E-state index in [1.807, 2.05) is 0 Å². The Bertz CT molecular complexity index is 692. The molecule has 0 unspecified atom stereocenters. The van der Waals surface area contributed by atoms with Gasteiger partial charge in [-0.15, -0.1) is 0 Å². The lowest BCUT2D eigenvalue weighted by atomic mass is 9.99. The van der Waals surface area contributed by atoms with Gasteiger partial charge in [-0.1, -0.05) is 0 Å². The maximum atomic E-state index is 11.5. The standard InChI is InChI=1S/C19H26O10/c1-4-27-14(21)6-5-10-7-11(25-2)18(12(8-10)26-3)29-19-17(24)16(23)15(22)13(9-20)28-19/h5-8,13,15-17,19-20,22-24H,4,9H2,1-3H3/t13-,15-,16+,17+,19+/m1/s1. The second kappa shape index (κ2) is 10.4. The van der Waals surface area contributed by atoms with E-state index in [2.05, 4.69) is 0 Å². The SMILES string of the molecule is CCOC(=O)C=Cc1cc(OC)c(O[C@@H]2O[C@H](CO)[C@@H](O)[C@H](O)[C@@H]2O)c(OC)c1. The Hall–Kier alpha value is -2.37. The number of methoxy groups -OCH3 is 2. The predicted octanol–water partition coefficient (Wildman–Crippen LogP) is -0.541. The molecule has 0 radical (unpaired) electrons. The van der Waals surface area contributed by atoms with Crippen molar-refractivity contribution < 1.29 is 48.9 Å². The fourth-order valence-corrected chi connectivity index (χ4v) is 2.75. The first-order valence-corrected chi connectivity index (χ1v) is 8.94. The first-order valence-electron chi connectivity index (χ1n) is 8.94. The summed E-state index contributed by atoms with van der Waals surface area (Å²) in [6.45, 7) is 1.36. The summed E-state index contributed by atoms with van der Waals surface area (Å²) in [6, 6.07) is 3.11. The number of ether oxygens (including phenoxy) is 5. The zero-order valence-corrected chi connectivity index (χ0v) is 16.3. The average Bonchev–Trinajstić information content (AvgIpc) is 2.72. The van der Waals surface area contributed by atoms with Crippen LogP contribution in [-0.2, 0) is 14.3 Å². The lowest BCUT2D eigenvalue weighted by Crippen LogP contribution is -2.60. The Balaban J connectivity index is 2.31. The van der Waals surface area contributed by atoms with Crippen molar-refractivity contribution >= 4 is 12.0 Å². The molecular weight excluding hydrogens is 388 g/mol. The monoisotopic (exact) mass is 414 g/mol. The van der Waals surface area contributed by atoms with Crippen molar-refractivity contribution in [1.82, 2.24) is 0 Å². The van der Waals surface area contributed by atoms with Crippen LogP contribution in [0.3, 0.4) is 0 Å². The molecule has 0 saturated carbocycles. The fourth-order valence-electron chi connectivity index (χ4n) is 2.75. The van der Waals surface area contributed by atoms with Gasteiger partial charge >= 0.3 is 5.97 Å². The summed E-state index contributed by atoms with van der Waals surface area (Å²) in [5.41, 5.74) is 0.549. The maximum Gasteiger partial charge on any atom is 0.330 e. The molecule has 4 N–H and O–H groups in total. The molecule has 5 atom stereocenters. The molecular formula is C19H26O10. The molecule has 1 aliphatic rings. The molecule has 0 aliphatic carbocycles. The lowest BCUT2D eigenvalue weighted by Gasteiger charge is -2.39. The molecule has 10 heteroatoms. The number of carbonyl (C=O) groups excluding carboxylic acids is 1. The van der Waals surface area contributed by atoms with Gasteiger partial charge < -0.3 is 44.1 Å². The van der Waals surface area contributed by atoms with E-state index in [1.165, 1.54) is 26.4 Å². The van der Waals surface area contributed by atoms with Gasteiger partial charge in [0, 0.05) is 6.08 Å². The Morgan fingerprint density at radius 3 is 2.24 bits per heavy atom. The van der Waals surface area contributed by atoms with Crippen LogP contribution in [-0.4, -0.2) is 84.5 Å². The maximum absolute atomic E-state index is 11.5. The van der Waals surface area contributed by atoms with Crippen LogP contribution in [0.2, 0.25) is 0 Å². The molecule has 1 heterocycles. The molecule has 29 heavy (non-hydrogen) atoms. The highest BCUT2D eigenvalue weighted by molar-refractivity contribution is 5.87. The Kier molecular flexibility index (Phi) is 8.23. The van der Waals surface area contributed by atoms with Crippen LogP contribution in [0.4, 0.5) is 0 Å². The molecule has 0 aromatic heterocycles. The minimum Gasteiger partial charge on any atom is -0.493 e. The van der Waals surface area contributed by atoms with Crippen molar-refractivity contribution in [2.24, 2.45) is 0 Å². The third-order valence-electron chi connectivity index (χ3n) is 4.26. The van der Waals surface area contributed by atoms with Gasteiger partial charge in [0.05, 0.1) is 27.4 Å². The normalized spacial score (nSPS) is 26.9. The topological polar surface area (TPSA) is 144 Å². The van der Waals surface area contributed by atoms with Crippen molar-refractivity contribution in [3.05, 3.63) is 23.8 Å². The summed E-state index contributed by atoms with van der Waals surface area (Å²) < 4.78 is 26.5. The second-order valence-electron chi connectivity index (χ2n) is 6.16. The zero-order valence-electron chi connectivity index (χ0n) is 16.3. The fraction of sp³-hybridized carbons (Fsp3) is 0.526. The van der Waals surface area contributed by atoms with Crippen LogP contribution in [0, 0.1) is 0 Å². The molecule has 10 nitrogen and oxygen atoms in total. The third-order valence-corrected chi connectivity index (χ3v) is 4.26. The number of hydrogen-bond acceptors (Lipinski definition) is 10. The largest absolute Gasteiger partial charge is 0.493 e. The van der Waals surface area contributed by atoms with E-state index in [1.54, 1.807) is 19.1 Å². The van der Waals surface area contributed by atoms with E-state index in [0.717, 1.165) is 0 Å². The second-order valence-corrected chi connectivity index (χ2v) is 6.16. The summed E-state index contributed by atoms with van der Waals surface area (Å²) in [5.74, 6) is -0.0469. The molecule has 1 aromatic carbocycles.